The summed E-state index contributed by atoms with van der Waals surface area (Å²) in [6, 6.07) is 0. The van der Waals surface area contributed by atoms with Gasteiger partial charge < -0.3 is 4.52 Å². The molecule has 3 heterocycles. The zero-order valence-corrected chi connectivity index (χ0v) is 14.2. The van der Waals surface area contributed by atoms with E-state index in [9.17, 15) is 9.59 Å². The van der Waals surface area contributed by atoms with Gasteiger partial charge in [-0.1, -0.05) is 16.9 Å². The van der Waals surface area contributed by atoms with Crippen LogP contribution in [-0.2, 0) is 24.2 Å². The maximum absolute atomic E-state index is 12.6. The van der Waals surface area contributed by atoms with Crippen LogP contribution in [0.5, 0.6) is 0 Å². The van der Waals surface area contributed by atoms with Crippen LogP contribution in [0.15, 0.2) is 20.7 Å². The second kappa shape index (κ2) is 6.08. The van der Waals surface area contributed by atoms with E-state index in [0.717, 1.165) is 36.9 Å². The molecular formula is C16H18N4O3S. The van der Waals surface area contributed by atoms with Gasteiger partial charge in [0.2, 0.25) is 11.8 Å². The molecule has 8 heteroatoms. The lowest BCUT2D eigenvalue weighted by atomic mass is 9.97. The van der Waals surface area contributed by atoms with Gasteiger partial charge in [-0.05, 0) is 32.6 Å². The number of anilines is 1. The molecule has 2 aromatic rings. The van der Waals surface area contributed by atoms with Gasteiger partial charge in [0.15, 0.2) is 5.16 Å². The van der Waals surface area contributed by atoms with Gasteiger partial charge in [-0.2, -0.15) is 0 Å². The molecule has 0 radical (unpaired) electrons. The number of aryl methyl sites for hydroxylation is 2. The van der Waals surface area contributed by atoms with Crippen LogP contribution in [0.25, 0.3) is 0 Å². The maximum Gasteiger partial charge on any atom is 0.257 e. The molecular weight excluding hydrogens is 328 g/mol. The second-order valence-corrected chi connectivity index (χ2v) is 7.27. The van der Waals surface area contributed by atoms with Crippen molar-refractivity contribution in [2.45, 2.75) is 44.3 Å². The van der Waals surface area contributed by atoms with E-state index in [4.69, 9.17) is 4.52 Å². The largest absolute Gasteiger partial charge is 0.338 e. The van der Waals surface area contributed by atoms with Gasteiger partial charge in [0, 0.05) is 29.6 Å². The Balaban J connectivity index is 1.53. The van der Waals surface area contributed by atoms with Crippen molar-refractivity contribution < 1.29 is 9.32 Å². The molecule has 4 rings (SSSR count). The number of nitrogens with one attached hydrogen (secondary N) is 1. The Hall–Kier alpha value is -2.09. The highest BCUT2D eigenvalue weighted by Crippen LogP contribution is 2.29. The first-order valence-corrected chi connectivity index (χ1v) is 9.09. The fraction of sp³-hybridized carbons (Fsp3) is 0.500. The van der Waals surface area contributed by atoms with E-state index in [1.807, 2.05) is 0 Å². The molecule has 0 saturated heterocycles. The van der Waals surface area contributed by atoms with E-state index in [0.29, 0.717) is 28.9 Å². The van der Waals surface area contributed by atoms with Crippen molar-refractivity contribution in [3.63, 3.8) is 0 Å². The molecule has 1 aliphatic carbocycles. The number of aromatic nitrogens is 3. The van der Waals surface area contributed by atoms with Crippen molar-refractivity contribution in [1.82, 2.24) is 14.7 Å². The van der Waals surface area contributed by atoms with E-state index in [-0.39, 0.29) is 17.4 Å². The molecule has 0 bridgehead atoms. The molecule has 0 fully saturated rings. The Morgan fingerprint density at radius 3 is 3.12 bits per heavy atom. The summed E-state index contributed by atoms with van der Waals surface area (Å²) >= 11 is 1.43. The molecule has 0 aromatic carbocycles. The van der Waals surface area contributed by atoms with Crippen molar-refractivity contribution in [2.75, 3.05) is 11.1 Å². The van der Waals surface area contributed by atoms with Gasteiger partial charge >= 0.3 is 0 Å². The third-order valence-electron chi connectivity index (χ3n) is 4.57. The highest BCUT2D eigenvalue weighted by Gasteiger charge is 2.29. The standard InChI is InChI=1S/C16H18N4O3S/c1-9-6-17-16-20(15(9)22)7-10(8-24-16)13(21)18-14-11-4-2-3-5-12(11)19-23-14/h6,10H,2-5,7-8H2,1H3,(H,18,21). The minimum absolute atomic E-state index is 0.0814. The number of fused-ring (bicyclic) bond motifs is 2. The molecule has 1 atom stereocenters. The molecule has 126 valence electrons. The zero-order chi connectivity index (χ0) is 16.7. The first-order valence-electron chi connectivity index (χ1n) is 8.11. The van der Waals surface area contributed by atoms with Gasteiger partial charge in [-0.15, -0.1) is 0 Å². The van der Waals surface area contributed by atoms with E-state index >= 15 is 0 Å². The average molecular weight is 346 g/mol. The van der Waals surface area contributed by atoms with Crippen molar-refractivity contribution in [3.8, 4) is 0 Å². The monoisotopic (exact) mass is 346 g/mol. The van der Waals surface area contributed by atoms with Gasteiger partial charge in [0.25, 0.3) is 5.56 Å². The molecule has 1 N–H and O–H groups in total. The average Bonchev–Trinajstić information content (AvgIpc) is 3.01. The van der Waals surface area contributed by atoms with Crippen LogP contribution in [0.2, 0.25) is 0 Å². The number of thioether (sulfide) groups is 1. The number of hydrogen-bond donors (Lipinski definition) is 1. The number of rotatable bonds is 2. The van der Waals surface area contributed by atoms with E-state index in [2.05, 4.69) is 15.5 Å². The summed E-state index contributed by atoms with van der Waals surface area (Å²) in [5.74, 6) is 0.636. The Morgan fingerprint density at radius 2 is 2.25 bits per heavy atom. The number of amides is 1. The van der Waals surface area contributed by atoms with Gasteiger partial charge in [0.05, 0.1) is 11.6 Å². The van der Waals surface area contributed by atoms with Crippen LogP contribution in [-0.4, -0.2) is 26.4 Å². The minimum atomic E-state index is -0.298. The minimum Gasteiger partial charge on any atom is -0.338 e. The van der Waals surface area contributed by atoms with Crippen molar-refractivity contribution in [2.24, 2.45) is 5.92 Å². The topological polar surface area (TPSA) is 90.0 Å². The maximum atomic E-state index is 12.6. The quantitative estimate of drug-likeness (QED) is 0.834. The molecule has 7 nitrogen and oxygen atoms in total. The van der Waals surface area contributed by atoms with E-state index in [1.165, 1.54) is 11.8 Å². The van der Waals surface area contributed by atoms with Crippen LogP contribution in [0, 0.1) is 12.8 Å². The van der Waals surface area contributed by atoms with Gasteiger partial charge in [-0.25, -0.2) is 4.98 Å². The Bertz CT molecular complexity index is 857. The van der Waals surface area contributed by atoms with E-state index in [1.54, 1.807) is 17.7 Å². The van der Waals surface area contributed by atoms with Crippen LogP contribution in [0.3, 0.4) is 0 Å². The Kier molecular flexibility index (Phi) is 3.91. The third-order valence-corrected chi connectivity index (χ3v) is 5.72. The fourth-order valence-corrected chi connectivity index (χ4v) is 4.21. The molecule has 1 amide bonds. The summed E-state index contributed by atoms with van der Waals surface area (Å²) in [4.78, 5) is 29.1. The lowest BCUT2D eigenvalue weighted by molar-refractivity contribution is -0.119. The lowest BCUT2D eigenvalue weighted by Crippen LogP contribution is -2.37. The normalized spacial score (nSPS) is 19.5. The molecule has 2 aliphatic rings. The second-order valence-electron chi connectivity index (χ2n) is 6.28. The highest BCUT2D eigenvalue weighted by molar-refractivity contribution is 7.99. The number of carbonyl (C=O) groups is 1. The Labute approximate surface area is 142 Å². The molecule has 24 heavy (non-hydrogen) atoms. The molecule has 0 spiro atoms. The number of hydrogen-bond acceptors (Lipinski definition) is 6. The number of nitrogens with zero attached hydrogens (tertiary/aromatic N) is 3. The molecule has 1 aliphatic heterocycles. The van der Waals surface area contributed by atoms with Crippen molar-refractivity contribution in [1.29, 1.82) is 0 Å². The smallest absolute Gasteiger partial charge is 0.257 e. The van der Waals surface area contributed by atoms with Crippen LogP contribution >= 0.6 is 11.8 Å². The zero-order valence-electron chi connectivity index (χ0n) is 13.4. The van der Waals surface area contributed by atoms with Crippen molar-refractivity contribution >= 4 is 23.6 Å². The summed E-state index contributed by atoms with van der Waals surface area (Å²) in [5.41, 5.74) is 2.48. The Morgan fingerprint density at radius 1 is 1.42 bits per heavy atom. The summed E-state index contributed by atoms with van der Waals surface area (Å²) in [6.07, 6.45) is 5.58. The predicted molar refractivity (Wildman–Crippen MR) is 89.2 cm³/mol. The summed E-state index contributed by atoms with van der Waals surface area (Å²) in [5, 5.41) is 7.60. The van der Waals surface area contributed by atoms with Gasteiger partial charge in [-0.3, -0.25) is 19.5 Å². The van der Waals surface area contributed by atoms with Crippen molar-refractivity contribution in [3.05, 3.63) is 33.4 Å². The summed E-state index contributed by atoms with van der Waals surface area (Å²) < 4.78 is 6.91. The highest BCUT2D eigenvalue weighted by atomic mass is 32.2. The molecule has 0 saturated carbocycles. The molecule has 1 unspecified atom stereocenters. The summed E-state index contributed by atoms with van der Waals surface area (Å²) in [7, 11) is 0. The van der Waals surface area contributed by atoms with Crippen LogP contribution in [0.1, 0.15) is 29.7 Å². The molecule has 2 aromatic heterocycles. The van der Waals surface area contributed by atoms with E-state index < -0.39 is 0 Å². The first kappa shape index (κ1) is 15.4. The first-order chi connectivity index (χ1) is 11.6. The fourth-order valence-electron chi connectivity index (χ4n) is 3.16. The number of carbonyl (C=O) groups excluding carboxylic acids is 1. The van der Waals surface area contributed by atoms with Crippen LogP contribution < -0.4 is 10.9 Å². The SMILES string of the molecule is Cc1cnc2n(c1=O)CC(C(=O)Nc1onc3c1CCCC3)CS2. The lowest BCUT2D eigenvalue weighted by Gasteiger charge is -2.24. The van der Waals surface area contributed by atoms with Gasteiger partial charge in [0.1, 0.15) is 0 Å². The summed E-state index contributed by atoms with van der Waals surface area (Å²) in [6.45, 7) is 2.08. The predicted octanol–water partition coefficient (Wildman–Crippen LogP) is 1.78. The van der Waals surface area contributed by atoms with Crippen LogP contribution in [0.4, 0.5) is 5.88 Å². The third kappa shape index (κ3) is 2.64.